The van der Waals surface area contributed by atoms with E-state index in [2.05, 4.69) is 21.0 Å². The van der Waals surface area contributed by atoms with Crippen LogP contribution < -0.4 is 15.6 Å². The molecule has 1 heterocycles. The average Bonchev–Trinajstić information content (AvgIpc) is 3.18. The third kappa shape index (κ3) is 6.00. The molecule has 144 valence electrons. The minimum atomic E-state index is -0.451. The Morgan fingerprint density at radius 2 is 1.79 bits per heavy atom. The molecule has 2 amide bonds. The number of amides is 2. The van der Waals surface area contributed by atoms with Gasteiger partial charge in [-0.05, 0) is 36.4 Å². The molecule has 0 bridgehead atoms. The van der Waals surface area contributed by atoms with Crippen molar-refractivity contribution in [3.05, 3.63) is 71.1 Å². The van der Waals surface area contributed by atoms with E-state index in [9.17, 15) is 9.59 Å². The van der Waals surface area contributed by atoms with Gasteiger partial charge in [-0.25, -0.2) is 0 Å². The predicted molar refractivity (Wildman–Crippen MR) is 103 cm³/mol. The number of rotatable bonds is 7. The molecule has 1 aromatic heterocycles. The molecular formula is C18H15ClN4O4S. The van der Waals surface area contributed by atoms with E-state index in [1.54, 1.807) is 24.3 Å². The van der Waals surface area contributed by atoms with Gasteiger partial charge in [-0.2, -0.15) is 0 Å². The lowest BCUT2D eigenvalue weighted by Crippen LogP contribution is -2.42. The van der Waals surface area contributed by atoms with E-state index in [4.69, 9.17) is 20.8 Å². The van der Waals surface area contributed by atoms with Gasteiger partial charge in [0, 0.05) is 10.6 Å². The summed E-state index contributed by atoms with van der Waals surface area (Å²) in [7, 11) is 0. The normalized spacial score (nSPS) is 10.3. The zero-order valence-corrected chi connectivity index (χ0v) is 16.0. The number of nitrogens with one attached hydrogen (secondary N) is 2. The fourth-order valence-electron chi connectivity index (χ4n) is 1.98. The van der Waals surface area contributed by atoms with Gasteiger partial charge in [-0.3, -0.25) is 20.4 Å². The zero-order chi connectivity index (χ0) is 19.8. The van der Waals surface area contributed by atoms with Crippen molar-refractivity contribution < 1.29 is 18.7 Å². The van der Waals surface area contributed by atoms with Crippen molar-refractivity contribution in [2.45, 2.75) is 11.8 Å². The second-order valence-corrected chi connectivity index (χ2v) is 6.72. The molecule has 0 fully saturated rings. The minimum Gasteiger partial charge on any atom is -0.484 e. The minimum absolute atomic E-state index is 0.0118. The van der Waals surface area contributed by atoms with Crippen molar-refractivity contribution in [1.29, 1.82) is 0 Å². The lowest BCUT2D eigenvalue weighted by molar-refractivity contribution is -0.119. The van der Waals surface area contributed by atoms with Gasteiger partial charge in [-0.15, -0.1) is 10.2 Å². The second kappa shape index (κ2) is 9.77. The third-order valence-corrected chi connectivity index (χ3v) is 4.37. The van der Waals surface area contributed by atoms with Crippen LogP contribution in [-0.4, -0.2) is 27.8 Å². The van der Waals surface area contributed by atoms with Gasteiger partial charge >= 0.3 is 0 Å². The maximum atomic E-state index is 11.9. The third-order valence-electron chi connectivity index (χ3n) is 3.30. The molecule has 0 aliphatic rings. The molecule has 0 atom stereocenters. The van der Waals surface area contributed by atoms with E-state index in [0.717, 1.165) is 11.8 Å². The van der Waals surface area contributed by atoms with Crippen LogP contribution in [0.4, 0.5) is 0 Å². The van der Waals surface area contributed by atoms with Crippen molar-refractivity contribution in [3.8, 4) is 5.75 Å². The Morgan fingerprint density at radius 1 is 1.04 bits per heavy atom. The first-order valence-electron chi connectivity index (χ1n) is 8.08. The number of carbonyl (C=O) groups excluding carboxylic acids is 2. The molecule has 10 heteroatoms. The molecule has 3 rings (SSSR count). The molecule has 0 saturated carbocycles. The highest BCUT2D eigenvalue weighted by Gasteiger charge is 2.11. The Hall–Kier alpha value is -3.04. The Kier molecular flexibility index (Phi) is 6.88. The van der Waals surface area contributed by atoms with Crippen LogP contribution in [0.1, 0.15) is 16.2 Å². The van der Waals surface area contributed by atoms with Crippen LogP contribution in [-0.2, 0) is 11.4 Å². The van der Waals surface area contributed by atoms with Gasteiger partial charge in [0.05, 0.1) is 5.75 Å². The van der Waals surface area contributed by atoms with E-state index in [-0.39, 0.29) is 17.6 Å². The van der Waals surface area contributed by atoms with Crippen molar-refractivity contribution in [3.63, 3.8) is 0 Å². The monoisotopic (exact) mass is 418 g/mol. The maximum Gasteiger partial charge on any atom is 0.277 e. The molecule has 28 heavy (non-hydrogen) atoms. The topological polar surface area (TPSA) is 106 Å². The summed E-state index contributed by atoms with van der Waals surface area (Å²) in [5.41, 5.74) is 5.00. The highest BCUT2D eigenvalue weighted by molar-refractivity contribution is 7.99. The summed E-state index contributed by atoms with van der Waals surface area (Å²) in [5.74, 6) is 0.0940. The van der Waals surface area contributed by atoms with Gasteiger partial charge in [0.2, 0.25) is 5.91 Å². The van der Waals surface area contributed by atoms with E-state index in [0.29, 0.717) is 22.2 Å². The number of benzene rings is 2. The first kappa shape index (κ1) is 19.7. The van der Waals surface area contributed by atoms with Crippen LogP contribution in [0.3, 0.4) is 0 Å². The molecule has 0 spiro atoms. The molecule has 3 aromatic rings. The molecule has 0 aliphatic heterocycles. The first-order valence-corrected chi connectivity index (χ1v) is 9.44. The predicted octanol–water partition coefficient (Wildman–Crippen LogP) is 2.86. The summed E-state index contributed by atoms with van der Waals surface area (Å²) in [6.45, 7) is 0.126. The fraction of sp³-hybridized carbons (Fsp3) is 0.111. The van der Waals surface area contributed by atoms with E-state index < -0.39 is 11.8 Å². The van der Waals surface area contributed by atoms with Crippen molar-refractivity contribution in [2.24, 2.45) is 0 Å². The molecule has 8 nitrogen and oxygen atoms in total. The summed E-state index contributed by atoms with van der Waals surface area (Å²) in [6, 6.07) is 15.5. The van der Waals surface area contributed by atoms with E-state index in [1.807, 2.05) is 30.3 Å². The quantitative estimate of drug-likeness (QED) is 0.448. The number of thioether (sulfide) groups is 1. The molecule has 0 radical (unpaired) electrons. The van der Waals surface area contributed by atoms with Crippen LogP contribution in [0.15, 0.2) is 64.2 Å². The number of halogens is 1. The van der Waals surface area contributed by atoms with Gasteiger partial charge < -0.3 is 9.15 Å². The maximum absolute atomic E-state index is 11.9. The number of aromatic nitrogens is 2. The summed E-state index contributed by atoms with van der Waals surface area (Å²) in [5, 5.41) is 8.44. The molecule has 2 N–H and O–H groups in total. The van der Waals surface area contributed by atoms with E-state index >= 15 is 0 Å². The number of para-hydroxylation sites is 1. The van der Waals surface area contributed by atoms with Crippen LogP contribution in [0.25, 0.3) is 0 Å². The van der Waals surface area contributed by atoms with Gasteiger partial charge in [0.25, 0.3) is 17.0 Å². The number of hydrogen-bond donors (Lipinski definition) is 2. The number of nitrogens with zero attached hydrogens (tertiary/aromatic N) is 2. The highest BCUT2D eigenvalue weighted by atomic mass is 35.5. The van der Waals surface area contributed by atoms with Crippen molar-refractivity contribution in [2.75, 3.05) is 5.75 Å². The smallest absolute Gasteiger partial charge is 0.277 e. The Labute approximate surface area is 169 Å². The summed E-state index contributed by atoms with van der Waals surface area (Å²) < 4.78 is 10.9. The standard InChI is InChI=1S/C18H15ClN4O4S/c19-13-8-6-12(7-9-13)17(25)22-20-15(24)11-28-18-23-21-16(27-18)10-26-14-4-2-1-3-5-14/h1-9H,10-11H2,(H,20,24)(H,22,25). The Morgan fingerprint density at radius 3 is 2.54 bits per heavy atom. The van der Waals surface area contributed by atoms with Crippen LogP contribution in [0, 0.1) is 0 Å². The summed E-state index contributed by atoms with van der Waals surface area (Å²) in [4.78, 5) is 23.7. The lowest BCUT2D eigenvalue weighted by atomic mass is 10.2. The second-order valence-electron chi connectivity index (χ2n) is 5.36. The SMILES string of the molecule is O=C(CSc1nnc(COc2ccccc2)o1)NNC(=O)c1ccc(Cl)cc1. The number of ether oxygens (including phenoxy) is 1. The van der Waals surface area contributed by atoms with Crippen molar-refractivity contribution in [1.82, 2.24) is 21.0 Å². The molecular weight excluding hydrogens is 404 g/mol. The fourth-order valence-corrected chi connectivity index (χ4v) is 2.69. The number of hydrazine groups is 1. The number of carbonyl (C=O) groups is 2. The van der Waals surface area contributed by atoms with Crippen LogP contribution in [0.5, 0.6) is 5.75 Å². The first-order chi connectivity index (χ1) is 13.6. The van der Waals surface area contributed by atoms with Gasteiger partial charge in [0.1, 0.15) is 5.75 Å². The van der Waals surface area contributed by atoms with E-state index in [1.165, 1.54) is 0 Å². The largest absolute Gasteiger partial charge is 0.484 e. The summed E-state index contributed by atoms with van der Waals surface area (Å²) in [6.07, 6.45) is 0. The molecule has 0 unspecified atom stereocenters. The molecule has 0 aliphatic carbocycles. The Balaban J connectivity index is 1.39. The van der Waals surface area contributed by atoms with Crippen LogP contribution >= 0.6 is 23.4 Å². The Bertz CT molecular complexity index is 934. The average molecular weight is 419 g/mol. The number of hydrogen-bond acceptors (Lipinski definition) is 7. The highest BCUT2D eigenvalue weighted by Crippen LogP contribution is 2.17. The molecule has 2 aromatic carbocycles. The van der Waals surface area contributed by atoms with Gasteiger partial charge in [0.15, 0.2) is 6.61 Å². The lowest BCUT2D eigenvalue weighted by Gasteiger charge is -2.06. The zero-order valence-electron chi connectivity index (χ0n) is 14.4. The summed E-state index contributed by atoms with van der Waals surface area (Å²) >= 11 is 6.81. The van der Waals surface area contributed by atoms with Crippen molar-refractivity contribution >= 4 is 35.2 Å². The van der Waals surface area contributed by atoms with Crippen LogP contribution in [0.2, 0.25) is 5.02 Å². The van der Waals surface area contributed by atoms with Gasteiger partial charge in [-0.1, -0.05) is 41.6 Å². The molecule has 0 saturated heterocycles.